The number of carbonyl (C=O) groups excluding carboxylic acids is 1. The second-order valence-corrected chi connectivity index (χ2v) is 3.89. The predicted molar refractivity (Wildman–Crippen MR) is 52.7 cm³/mol. The summed E-state index contributed by atoms with van der Waals surface area (Å²) in [5.74, 6) is -0.258. The molecule has 0 radical (unpaired) electrons. The lowest BCUT2D eigenvalue weighted by Gasteiger charge is -2.06. The number of benzene rings is 1. The van der Waals surface area contributed by atoms with Crippen molar-refractivity contribution >= 4 is 23.4 Å². The van der Waals surface area contributed by atoms with Crippen molar-refractivity contribution in [3.63, 3.8) is 0 Å². The van der Waals surface area contributed by atoms with Gasteiger partial charge in [-0.3, -0.25) is 4.79 Å². The number of hydrogen-bond donors (Lipinski definition) is 1. The quantitative estimate of drug-likeness (QED) is 0.797. The lowest BCUT2D eigenvalue weighted by atomic mass is 10.3. The van der Waals surface area contributed by atoms with Gasteiger partial charge in [0.2, 0.25) is 5.91 Å². The highest BCUT2D eigenvalue weighted by molar-refractivity contribution is 8.00. The van der Waals surface area contributed by atoms with Crippen LogP contribution in [0.15, 0.2) is 29.2 Å². The summed E-state index contributed by atoms with van der Waals surface area (Å²) < 4.78 is 35.8. The number of thioether (sulfide) groups is 1. The number of halogens is 3. The van der Waals surface area contributed by atoms with E-state index in [4.69, 9.17) is 0 Å². The Balaban J connectivity index is 2.68. The van der Waals surface area contributed by atoms with E-state index < -0.39 is 5.51 Å². The zero-order chi connectivity index (χ0) is 11.5. The molecule has 15 heavy (non-hydrogen) atoms. The summed E-state index contributed by atoms with van der Waals surface area (Å²) in [4.78, 5) is 10.7. The van der Waals surface area contributed by atoms with Crippen LogP contribution in [-0.4, -0.2) is 11.4 Å². The zero-order valence-corrected chi connectivity index (χ0v) is 8.58. The largest absolute Gasteiger partial charge is 0.446 e. The minimum absolute atomic E-state index is 0.0941. The van der Waals surface area contributed by atoms with Gasteiger partial charge in [-0.25, -0.2) is 0 Å². The van der Waals surface area contributed by atoms with E-state index in [1.165, 1.54) is 31.2 Å². The predicted octanol–water partition coefficient (Wildman–Crippen LogP) is 3.26. The second kappa shape index (κ2) is 4.57. The van der Waals surface area contributed by atoms with E-state index in [1.54, 1.807) is 0 Å². The molecule has 0 saturated carbocycles. The molecule has 0 heterocycles. The van der Waals surface area contributed by atoms with Crippen LogP contribution >= 0.6 is 11.8 Å². The first kappa shape index (κ1) is 11.9. The summed E-state index contributed by atoms with van der Waals surface area (Å²) in [6.45, 7) is 1.33. The van der Waals surface area contributed by atoms with Gasteiger partial charge in [0.1, 0.15) is 0 Å². The fraction of sp³-hybridized carbons (Fsp3) is 0.222. The average Bonchev–Trinajstić information content (AvgIpc) is 2.05. The van der Waals surface area contributed by atoms with E-state index in [-0.39, 0.29) is 22.6 Å². The second-order valence-electron chi connectivity index (χ2n) is 2.75. The molecule has 0 bridgehead atoms. The van der Waals surface area contributed by atoms with Crippen molar-refractivity contribution in [2.24, 2.45) is 0 Å². The number of anilines is 1. The SMILES string of the molecule is CC(=O)Nc1ccc(SC(F)(F)F)cc1. The van der Waals surface area contributed by atoms with Crippen molar-refractivity contribution in [1.29, 1.82) is 0 Å². The molecule has 0 fully saturated rings. The molecule has 1 N–H and O–H groups in total. The third-order valence-corrected chi connectivity index (χ3v) is 2.15. The van der Waals surface area contributed by atoms with Crippen LogP contribution in [0.4, 0.5) is 18.9 Å². The number of hydrogen-bond acceptors (Lipinski definition) is 2. The molecule has 0 spiro atoms. The Hall–Kier alpha value is -1.17. The summed E-state index contributed by atoms with van der Waals surface area (Å²) in [5.41, 5.74) is -3.80. The Morgan fingerprint density at radius 1 is 1.27 bits per heavy atom. The average molecular weight is 235 g/mol. The molecule has 0 aliphatic heterocycles. The van der Waals surface area contributed by atoms with Gasteiger partial charge in [0, 0.05) is 17.5 Å². The summed E-state index contributed by atoms with van der Waals surface area (Å²) in [6, 6.07) is 5.47. The third-order valence-electron chi connectivity index (χ3n) is 1.41. The molecular weight excluding hydrogens is 227 g/mol. The van der Waals surface area contributed by atoms with E-state index >= 15 is 0 Å². The van der Waals surface area contributed by atoms with E-state index in [1.807, 2.05) is 0 Å². The summed E-state index contributed by atoms with van der Waals surface area (Å²) in [5, 5.41) is 2.47. The molecule has 0 saturated heterocycles. The van der Waals surface area contributed by atoms with Gasteiger partial charge in [0.05, 0.1) is 0 Å². The topological polar surface area (TPSA) is 29.1 Å². The van der Waals surface area contributed by atoms with E-state index in [2.05, 4.69) is 5.32 Å². The standard InChI is InChI=1S/C9H8F3NOS/c1-6(14)13-7-2-4-8(5-3-7)15-9(10,11)12/h2-5H,1H3,(H,13,14). The van der Waals surface area contributed by atoms with Crippen LogP contribution in [0.3, 0.4) is 0 Å². The Morgan fingerprint density at radius 2 is 1.80 bits per heavy atom. The van der Waals surface area contributed by atoms with Gasteiger partial charge >= 0.3 is 5.51 Å². The molecule has 2 nitrogen and oxygen atoms in total. The monoisotopic (exact) mass is 235 g/mol. The lowest BCUT2D eigenvalue weighted by Crippen LogP contribution is -2.05. The molecule has 1 rings (SSSR count). The fourth-order valence-corrected chi connectivity index (χ4v) is 1.48. The van der Waals surface area contributed by atoms with Crippen LogP contribution in [0.5, 0.6) is 0 Å². The number of rotatable bonds is 2. The lowest BCUT2D eigenvalue weighted by molar-refractivity contribution is -0.114. The van der Waals surface area contributed by atoms with Crippen molar-refractivity contribution in [1.82, 2.24) is 0 Å². The van der Waals surface area contributed by atoms with Crippen LogP contribution < -0.4 is 5.32 Å². The first-order valence-electron chi connectivity index (χ1n) is 4.00. The molecule has 0 aromatic heterocycles. The molecule has 82 valence electrons. The van der Waals surface area contributed by atoms with E-state index in [0.717, 1.165) is 0 Å². The maximum Gasteiger partial charge on any atom is 0.446 e. The summed E-state index contributed by atoms with van der Waals surface area (Å²) in [6.07, 6.45) is 0. The number of amides is 1. The van der Waals surface area contributed by atoms with Gasteiger partial charge in [0.15, 0.2) is 0 Å². The van der Waals surface area contributed by atoms with Crippen molar-refractivity contribution in [2.45, 2.75) is 17.3 Å². The molecular formula is C9H8F3NOS. The highest BCUT2D eigenvalue weighted by Crippen LogP contribution is 2.36. The van der Waals surface area contributed by atoms with Crippen molar-refractivity contribution < 1.29 is 18.0 Å². The highest BCUT2D eigenvalue weighted by Gasteiger charge is 2.28. The maximum atomic E-state index is 11.9. The van der Waals surface area contributed by atoms with Gasteiger partial charge in [-0.15, -0.1) is 0 Å². The van der Waals surface area contributed by atoms with E-state index in [9.17, 15) is 18.0 Å². The summed E-state index contributed by atoms with van der Waals surface area (Å²) in [7, 11) is 0. The van der Waals surface area contributed by atoms with Gasteiger partial charge in [-0.05, 0) is 36.0 Å². The third kappa shape index (κ3) is 4.73. The van der Waals surface area contributed by atoms with Crippen molar-refractivity contribution in [3.05, 3.63) is 24.3 Å². The minimum atomic E-state index is -4.28. The van der Waals surface area contributed by atoms with Crippen LogP contribution in [-0.2, 0) is 4.79 Å². The van der Waals surface area contributed by atoms with Gasteiger partial charge < -0.3 is 5.32 Å². The van der Waals surface area contributed by atoms with Crippen LogP contribution in [0.1, 0.15) is 6.92 Å². The van der Waals surface area contributed by atoms with Gasteiger partial charge in [0.25, 0.3) is 0 Å². The van der Waals surface area contributed by atoms with Crippen molar-refractivity contribution in [3.8, 4) is 0 Å². The Kier molecular flexibility index (Phi) is 3.62. The molecule has 6 heteroatoms. The first-order valence-corrected chi connectivity index (χ1v) is 4.82. The van der Waals surface area contributed by atoms with Crippen LogP contribution in [0, 0.1) is 0 Å². The van der Waals surface area contributed by atoms with Gasteiger partial charge in [-0.1, -0.05) is 0 Å². The first-order chi connectivity index (χ1) is 6.87. The molecule has 0 atom stereocenters. The Labute approximate surface area is 88.9 Å². The maximum absolute atomic E-state index is 11.9. The Bertz CT molecular complexity index is 347. The molecule has 0 aliphatic rings. The molecule has 1 aromatic carbocycles. The molecule has 1 aromatic rings. The van der Waals surface area contributed by atoms with Crippen molar-refractivity contribution in [2.75, 3.05) is 5.32 Å². The highest BCUT2D eigenvalue weighted by atomic mass is 32.2. The number of alkyl halides is 3. The fourth-order valence-electron chi connectivity index (χ4n) is 0.943. The minimum Gasteiger partial charge on any atom is -0.326 e. The molecule has 0 aliphatic carbocycles. The Morgan fingerprint density at radius 3 is 2.20 bits per heavy atom. The van der Waals surface area contributed by atoms with Gasteiger partial charge in [-0.2, -0.15) is 13.2 Å². The molecule has 0 unspecified atom stereocenters. The summed E-state index contributed by atoms with van der Waals surface area (Å²) >= 11 is -0.184. The zero-order valence-electron chi connectivity index (χ0n) is 7.76. The number of carbonyl (C=O) groups is 1. The van der Waals surface area contributed by atoms with Crippen LogP contribution in [0.2, 0.25) is 0 Å². The molecule has 1 amide bonds. The van der Waals surface area contributed by atoms with E-state index in [0.29, 0.717) is 5.69 Å². The normalized spacial score (nSPS) is 11.2. The number of nitrogens with one attached hydrogen (secondary N) is 1. The smallest absolute Gasteiger partial charge is 0.326 e. The van der Waals surface area contributed by atoms with Crippen LogP contribution in [0.25, 0.3) is 0 Å².